The molecule has 21 heavy (non-hydrogen) atoms. The van der Waals surface area contributed by atoms with Gasteiger partial charge in [-0.1, -0.05) is 11.2 Å². The number of nitrogens with zero attached hydrogens (tertiary/aromatic N) is 3. The van der Waals surface area contributed by atoms with Crippen LogP contribution in [0, 0.1) is 11.6 Å². The number of rotatable bonds is 3. The van der Waals surface area contributed by atoms with Crippen molar-refractivity contribution in [2.45, 2.75) is 25.3 Å². The standard InChI is InChI=1S/C14H16F2N4O/c15-11-4-1-5-12(16)10(11)8-20-6-2-3-9(7-20)13-18-19-14(17)21-13/h1,4-5,9H,2-3,6-8H2,(H2,17,19). The summed E-state index contributed by atoms with van der Waals surface area (Å²) < 4.78 is 32.7. The molecule has 3 rings (SSSR count). The maximum atomic E-state index is 13.7. The highest BCUT2D eigenvalue weighted by Crippen LogP contribution is 2.28. The van der Waals surface area contributed by atoms with Gasteiger partial charge in [0.25, 0.3) is 0 Å². The van der Waals surface area contributed by atoms with Crippen molar-refractivity contribution in [3.05, 3.63) is 41.3 Å². The monoisotopic (exact) mass is 294 g/mol. The van der Waals surface area contributed by atoms with Crippen LogP contribution in [0.15, 0.2) is 22.6 Å². The molecule has 0 spiro atoms. The van der Waals surface area contributed by atoms with Gasteiger partial charge in [-0.3, -0.25) is 4.90 Å². The lowest BCUT2D eigenvalue weighted by molar-refractivity contribution is 0.182. The quantitative estimate of drug-likeness (QED) is 0.940. The molecule has 1 aliphatic rings. The number of nitrogens with two attached hydrogens (primary N) is 1. The molecule has 1 aromatic carbocycles. The van der Waals surface area contributed by atoms with Crippen LogP contribution in [0.5, 0.6) is 0 Å². The van der Waals surface area contributed by atoms with Gasteiger partial charge in [0.1, 0.15) is 11.6 Å². The van der Waals surface area contributed by atoms with Crippen molar-refractivity contribution in [3.8, 4) is 0 Å². The van der Waals surface area contributed by atoms with E-state index < -0.39 is 11.6 Å². The molecule has 7 heteroatoms. The average molecular weight is 294 g/mol. The van der Waals surface area contributed by atoms with Crippen LogP contribution >= 0.6 is 0 Å². The number of benzene rings is 1. The molecule has 1 unspecified atom stereocenters. The Morgan fingerprint density at radius 2 is 2.05 bits per heavy atom. The van der Waals surface area contributed by atoms with Gasteiger partial charge in [0, 0.05) is 18.7 Å². The second-order valence-electron chi connectivity index (χ2n) is 5.25. The molecule has 0 radical (unpaired) electrons. The summed E-state index contributed by atoms with van der Waals surface area (Å²) in [4.78, 5) is 2.00. The van der Waals surface area contributed by atoms with Crippen molar-refractivity contribution >= 4 is 6.01 Å². The number of aromatic nitrogens is 2. The Labute approximate surface area is 120 Å². The molecule has 2 N–H and O–H groups in total. The Balaban J connectivity index is 1.72. The van der Waals surface area contributed by atoms with Crippen molar-refractivity contribution in [3.63, 3.8) is 0 Å². The van der Waals surface area contributed by atoms with E-state index in [9.17, 15) is 8.78 Å². The molecule has 0 bridgehead atoms. The molecular weight excluding hydrogens is 278 g/mol. The molecule has 2 aromatic rings. The molecule has 1 aromatic heterocycles. The van der Waals surface area contributed by atoms with Crippen molar-refractivity contribution in [2.75, 3.05) is 18.8 Å². The molecule has 112 valence electrons. The fraction of sp³-hybridized carbons (Fsp3) is 0.429. The largest absolute Gasteiger partial charge is 0.408 e. The summed E-state index contributed by atoms with van der Waals surface area (Å²) in [6, 6.07) is 3.97. The van der Waals surface area contributed by atoms with Crippen LogP contribution in [0.25, 0.3) is 0 Å². The molecule has 0 aliphatic carbocycles. The van der Waals surface area contributed by atoms with E-state index in [-0.39, 0.29) is 24.0 Å². The molecule has 0 saturated carbocycles. The van der Waals surface area contributed by atoms with E-state index in [1.165, 1.54) is 18.2 Å². The van der Waals surface area contributed by atoms with Gasteiger partial charge in [0.15, 0.2) is 0 Å². The third kappa shape index (κ3) is 3.02. The lowest BCUT2D eigenvalue weighted by atomic mass is 9.97. The van der Waals surface area contributed by atoms with E-state index in [1.54, 1.807) is 0 Å². The zero-order valence-corrected chi connectivity index (χ0v) is 11.4. The van der Waals surface area contributed by atoms with Gasteiger partial charge >= 0.3 is 6.01 Å². The minimum Gasteiger partial charge on any atom is -0.408 e. The predicted molar refractivity (Wildman–Crippen MR) is 72.3 cm³/mol. The van der Waals surface area contributed by atoms with Gasteiger partial charge in [-0.15, -0.1) is 5.10 Å². The third-order valence-electron chi connectivity index (χ3n) is 3.75. The highest BCUT2D eigenvalue weighted by Gasteiger charge is 2.26. The first-order valence-electron chi connectivity index (χ1n) is 6.87. The van der Waals surface area contributed by atoms with Crippen molar-refractivity contribution in [2.24, 2.45) is 0 Å². The summed E-state index contributed by atoms with van der Waals surface area (Å²) in [7, 11) is 0. The summed E-state index contributed by atoms with van der Waals surface area (Å²) >= 11 is 0. The number of hydrogen-bond donors (Lipinski definition) is 1. The van der Waals surface area contributed by atoms with Crippen LogP contribution in [-0.4, -0.2) is 28.2 Å². The van der Waals surface area contributed by atoms with Crippen LogP contribution in [0.1, 0.15) is 30.2 Å². The minimum atomic E-state index is -0.515. The van der Waals surface area contributed by atoms with Gasteiger partial charge in [0.05, 0.1) is 5.92 Å². The Hall–Kier alpha value is -2.02. The van der Waals surface area contributed by atoms with E-state index in [2.05, 4.69) is 10.2 Å². The number of hydrogen-bond acceptors (Lipinski definition) is 5. The smallest absolute Gasteiger partial charge is 0.312 e. The fourth-order valence-electron chi connectivity index (χ4n) is 2.72. The van der Waals surface area contributed by atoms with E-state index in [4.69, 9.17) is 10.2 Å². The number of piperidine rings is 1. The van der Waals surface area contributed by atoms with Crippen molar-refractivity contribution in [1.29, 1.82) is 0 Å². The summed E-state index contributed by atoms with van der Waals surface area (Å²) in [5.41, 5.74) is 5.53. The average Bonchev–Trinajstić information content (AvgIpc) is 2.90. The number of nitrogen functional groups attached to an aromatic ring is 1. The maximum Gasteiger partial charge on any atom is 0.312 e. The lowest BCUT2D eigenvalue weighted by Gasteiger charge is -2.31. The van der Waals surface area contributed by atoms with E-state index >= 15 is 0 Å². The molecule has 1 aliphatic heterocycles. The third-order valence-corrected chi connectivity index (χ3v) is 3.75. The minimum absolute atomic E-state index is 0.0438. The highest BCUT2D eigenvalue weighted by atomic mass is 19.1. The fourth-order valence-corrected chi connectivity index (χ4v) is 2.72. The summed E-state index contributed by atoms with van der Waals surface area (Å²) in [6.07, 6.45) is 1.81. The molecular formula is C14H16F2N4O. The van der Waals surface area contributed by atoms with Crippen LogP contribution in [0.2, 0.25) is 0 Å². The maximum absolute atomic E-state index is 13.7. The first kappa shape index (κ1) is 13.9. The molecule has 0 amide bonds. The van der Waals surface area contributed by atoms with Crippen LogP contribution in [-0.2, 0) is 6.54 Å². The molecule has 1 fully saturated rings. The SMILES string of the molecule is Nc1nnc(C2CCCN(Cc3c(F)cccc3F)C2)o1. The number of likely N-dealkylation sites (tertiary alicyclic amines) is 1. The van der Waals surface area contributed by atoms with E-state index in [0.717, 1.165) is 19.4 Å². The summed E-state index contributed by atoms with van der Waals surface area (Å²) in [6.45, 7) is 1.64. The Morgan fingerprint density at radius 3 is 2.71 bits per heavy atom. The van der Waals surface area contributed by atoms with Crippen molar-refractivity contribution < 1.29 is 13.2 Å². The second-order valence-corrected chi connectivity index (χ2v) is 5.25. The number of halogens is 2. The summed E-state index contributed by atoms with van der Waals surface area (Å²) in [5, 5.41) is 7.55. The zero-order valence-electron chi connectivity index (χ0n) is 11.4. The molecule has 5 nitrogen and oxygen atoms in total. The Kier molecular flexibility index (Phi) is 3.83. The topological polar surface area (TPSA) is 68.2 Å². The van der Waals surface area contributed by atoms with Crippen LogP contribution in [0.4, 0.5) is 14.8 Å². The normalized spacial score (nSPS) is 19.8. The first-order chi connectivity index (χ1) is 10.1. The van der Waals surface area contributed by atoms with Crippen LogP contribution < -0.4 is 5.73 Å². The summed E-state index contributed by atoms with van der Waals surface area (Å²) in [5.74, 6) is -0.483. The first-order valence-corrected chi connectivity index (χ1v) is 6.87. The van der Waals surface area contributed by atoms with Gasteiger partial charge in [-0.25, -0.2) is 8.78 Å². The van der Waals surface area contributed by atoms with Gasteiger partial charge in [0.2, 0.25) is 5.89 Å². The van der Waals surface area contributed by atoms with Gasteiger partial charge in [-0.2, -0.15) is 0 Å². The second kappa shape index (κ2) is 5.77. The highest BCUT2D eigenvalue weighted by molar-refractivity contribution is 5.19. The number of anilines is 1. The molecule has 1 atom stereocenters. The lowest BCUT2D eigenvalue weighted by Crippen LogP contribution is -2.34. The van der Waals surface area contributed by atoms with Gasteiger partial charge < -0.3 is 10.2 Å². The Bertz CT molecular complexity index is 611. The molecule has 1 saturated heterocycles. The predicted octanol–water partition coefficient (Wildman–Crippen LogP) is 2.31. The Morgan fingerprint density at radius 1 is 1.29 bits per heavy atom. The molecule has 2 heterocycles. The zero-order chi connectivity index (χ0) is 14.8. The van der Waals surface area contributed by atoms with E-state index in [0.29, 0.717) is 12.4 Å². The van der Waals surface area contributed by atoms with E-state index in [1.807, 2.05) is 4.90 Å². The van der Waals surface area contributed by atoms with Crippen molar-refractivity contribution in [1.82, 2.24) is 15.1 Å². The van der Waals surface area contributed by atoms with Crippen LogP contribution in [0.3, 0.4) is 0 Å². The van der Waals surface area contributed by atoms with Gasteiger partial charge in [-0.05, 0) is 31.5 Å².